The molecule has 2 aromatic rings. The van der Waals surface area contributed by atoms with Crippen molar-refractivity contribution in [2.75, 3.05) is 12.3 Å². The van der Waals surface area contributed by atoms with Crippen LogP contribution >= 0.6 is 0 Å². The number of aryl methyl sites for hydroxylation is 2. The number of nitrogens with zero attached hydrogens (tertiary/aromatic N) is 4. The molecular weight excluding hydrogens is 292 g/mol. The predicted molar refractivity (Wildman–Crippen MR) is 79.0 cm³/mol. The Morgan fingerprint density at radius 1 is 1.33 bits per heavy atom. The van der Waals surface area contributed by atoms with Crippen molar-refractivity contribution < 1.29 is 8.42 Å². The molecule has 116 valence electrons. The average Bonchev–Trinajstić information content (AvgIpc) is 3.05. The number of nitrogens with one attached hydrogen (secondary N) is 1. The highest BCUT2D eigenvalue weighted by molar-refractivity contribution is 7.89. The van der Waals surface area contributed by atoms with Gasteiger partial charge in [0.1, 0.15) is 4.90 Å². The molecule has 0 aliphatic heterocycles. The smallest absolute Gasteiger partial charge is 0.245 e. The quantitative estimate of drug-likeness (QED) is 0.688. The molecule has 0 radical (unpaired) electrons. The molecule has 0 aromatic carbocycles. The van der Waals surface area contributed by atoms with Gasteiger partial charge in [0.2, 0.25) is 10.0 Å². The molecule has 0 fully saturated rings. The first-order valence-corrected chi connectivity index (χ1v) is 8.31. The molecule has 0 saturated carbocycles. The van der Waals surface area contributed by atoms with Gasteiger partial charge in [0.15, 0.2) is 5.82 Å². The maximum atomic E-state index is 12.2. The zero-order valence-corrected chi connectivity index (χ0v) is 12.8. The predicted octanol–water partition coefficient (Wildman–Crippen LogP) is 0.440. The number of hydrogen-bond donors (Lipinski definition) is 2. The molecule has 0 spiro atoms. The van der Waals surface area contributed by atoms with Crippen molar-refractivity contribution in [3.05, 3.63) is 24.7 Å². The van der Waals surface area contributed by atoms with Gasteiger partial charge in [-0.15, -0.1) is 0 Å². The van der Waals surface area contributed by atoms with E-state index in [1.54, 1.807) is 15.6 Å². The molecule has 0 saturated heterocycles. The monoisotopic (exact) mass is 312 g/mol. The van der Waals surface area contributed by atoms with E-state index in [0.29, 0.717) is 26.1 Å². The summed E-state index contributed by atoms with van der Waals surface area (Å²) in [5.74, 6) is 0.0306. The Balaban J connectivity index is 1.91. The van der Waals surface area contributed by atoms with Gasteiger partial charge in [0.05, 0.1) is 0 Å². The molecule has 2 heterocycles. The summed E-state index contributed by atoms with van der Waals surface area (Å²) in [5.41, 5.74) is 5.67. The van der Waals surface area contributed by atoms with Crippen molar-refractivity contribution in [1.82, 2.24) is 24.3 Å². The Labute approximate surface area is 124 Å². The third-order valence-corrected chi connectivity index (χ3v) is 4.39. The standard InChI is InChI=1S/C12H20N6O2S/c1-2-7-18-10-11(12(13)16-18)21(19,20)15-6-4-9-17-8-3-5-14-17/h3,5,8,10,15H,2,4,6-7,9H2,1H3,(H2,13,16). The molecule has 3 N–H and O–H groups in total. The van der Waals surface area contributed by atoms with E-state index in [1.165, 1.54) is 6.20 Å². The van der Waals surface area contributed by atoms with Gasteiger partial charge < -0.3 is 5.73 Å². The number of aromatic nitrogens is 4. The Kier molecular flexibility index (Phi) is 4.97. The SMILES string of the molecule is CCCn1cc(S(=O)(=O)NCCCn2cccn2)c(N)n1. The third kappa shape index (κ3) is 4.05. The first-order valence-electron chi connectivity index (χ1n) is 6.83. The second-order valence-corrected chi connectivity index (χ2v) is 6.40. The molecule has 9 heteroatoms. The summed E-state index contributed by atoms with van der Waals surface area (Å²) in [7, 11) is -3.62. The third-order valence-electron chi connectivity index (χ3n) is 2.91. The second kappa shape index (κ2) is 6.72. The summed E-state index contributed by atoms with van der Waals surface area (Å²) < 4.78 is 30.2. The van der Waals surface area contributed by atoms with Crippen LogP contribution in [-0.2, 0) is 23.1 Å². The number of sulfonamides is 1. The number of anilines is 1. The maximum absolute atomic E-state index is 12.2. The van der Waals surface area contributed by atoms with Gasteiger partial charge in [0, 0.05) is 38.2 Å². The lowest BCUT2D eigenvalue weighted by molar-refractivity contribution is 0.552. The van der Waals surface area contributed by atoms with Crippen LogP contribution in [0, 0.1) is 0 Å². The lowest BCUT2D eigenvalue weighted by Crippen LogP contribution is -2.26. The maximum Gasteiger partial charge on any atom is 0.245 e. The Morgan fingerprint density at radius 2 is 2.14 bits per heavy atom. The zero-order valence-electron chi connectivity index (χ0n) is 11.9. The van der Waals surface area contributed by atoms with Crippen molar-refractivity contribution in [2.24, 2.45) is 0 Å². The van der Waals surface area contributed by atoms with Gasteiger partial charge in [0.25, 0.3) is 0 Å². The van der Waals surface area contributed by atoms with Crippen LogP contribution in [0.15, 0.2) is 29.6 Å². The van der Waals surface area contributed by atoms with Gasteiger partial charge in [-0.2, -0.15) is 10.2 Å². The minimum absolute atomic E-state index is 0.0306. The van der Waals surface area contributed by atoms with Gasteiger partial charge in [-0.1, -0.05) is 6.92 Å². The molecule has 0 atom stereocenters. The van der Waals surface area contributed by atoms with Crippen LogP contribution in [0.4, 0.5) is 5.82 Å². The van der Waals surface area contributed by atoms with Crippen LogP contribution in [0.25, 0.3) is 0 Å². The zero-order chi connectivity index (χ0) is 15.3. The van der Waals surface area contributed by atoms with Crippen molar-refractivity contribution in [3.8, 4) is 0 Å². The Hall–Kier alpha value is -1.87. The van der Waals surface area contributed by atoms with Gasteiger partial charge in [-0.25, -0.2) is 13.1 Å². The van der Waals surface area contributed by atoms with Crippen LogP contribution in [-0.4, -0.2) is 34.5 Å². The summed E-state index contributed by atoms with van der Waals surface area (Å²) in [6.07, 6.45) is 6.49. The Bertz CT molecular complexity index is 662. The van der Waals surface area contributed by atoms with Crippen LogP contribution in [0.1, 0.15) is 19.8 Å². The highest BCUT2D eigenvalue weighted by Gasteiger charge is 2.20. The molecule has 0 unspecified atom stereocenters. The molecule has 2 rings (SSSR count). The first-order chi connectivity index (χ1) is 10.0. The highest BCUT2D eigenvalue weighted by atomic mass is 32.2. The van der Waals surface area contributed by atoms with Gasteiger partial charge in [-0.05, 0) is 18.9 Å². The minimum Gasteiger partial charge on any atom is -0.381 e. The topological polar surface area (TPSA) is 108 Å². The van der Waals surface area contributed by atoms with Crippen molar-refractivity contribution in [2.45, 2.75) is 37.8 Å². The molecule has 0 bridgehead atoms. The van der Waals surface area contributed by atoms with Crippen LogP contribution in [0.5, 0.6) is 0 Å². The Morgan fingerprint density at radius 3 is 2.81 bits per heavy atom. The fourth-order valence-corrected chi connectivity index (χ4v) is 3.07. The fraction of sp³-hybridized carbons (Fsp3) is 0.500. The minimum atomic E-state index is -3.62. The van der Waals surface area contributed by atoms with E-state index in [9.17, 15) is 8.42 Å². The van der Waals surface area contributed by atoms with Gasteiger partial charge in [-0.3, -0.25) is 9.36 Å². The highest BCUT2D eigenvalue weighted by Crippen LogP contribution is 2.16. The molecule has 0 aliphatic rings. The van der Waals surface area contributed by atoms with Crippen molar-refractivity contribution >= 4 is 15.8 Å². The van der Waals surface area contributed by atoms with E-state index >= 15 is 0 Å². The van der Waals surface area contributed by atoms with E-state index in [1.807, 2.05) is 19.2 Å². The summed E-state index contributed by atoms with van der Waals surface area (Å²) >= 11 is 0. The molecule has 8 nitrogen and oxygen atoms in total. The summed E-state index contributed by atoms with van der Waals surface area (Å²) in [4.78, 5) is 0.0371. The normalized spacial score (nSPS) is 11.9. The number of nitrogen functional groups attached to an aromatic ring is 1. The summed E-state index contributed by atoms with van der Waals surface area (Å²) in [6, 6.07) is 1.83. The number of hydrogen-bond acceptors (Lipinski definition) is 5. The molecule has 2 aromatic heterocycles. The molecular formula is C12H20N6O2S. The lowest BCUT2D eigenvalue weighted by atomic mass is 10.4. The first kappa shape index (κ1) is 15.5. The second-order valence-electron chi connectivity index (χ2n) is 4.66. The van der Waals surface area contributed by atoms with E-state index in [-0.39, 0.29) is 10.7 Å². The summed E-state index contributed by atoms with van der Waals surface area (Å²) in [6.45, 7) is 3.60. The van der Waals surface area contributed by atoms with Crippen LogP contribution in [0.3, 0.4) is 0 Å². The van der Waals surface area contributed by atoms with Crippen molar-refractivity contribution in [3.63, 3.8) is 0 Å². The fourth-order valence-electron chi connectivity index (χ4n) is 1.93. The molecule has 0 amide bonds. The van der Waals surface area contributed by atoms with Gasteiger partial charge >= 0.3 is 0 Å². The number of rotatable bonds is 8. The molecule has 0 aliphatic carbocycles. The average molecular weight is 312 g/mol. The number of nitrogens with two attached hydrogens (primary N) is 1. The largest absolute Gasteiger partial charge is 0.381 e. The van der Waals surface area contributed by atoms with E-state index in [0.717, 1.165) is 6.42 Å². The van der Waals surface area contributed by atoms with Crippen LogP contribution < -0.4 is 10.5 Å². The van der Waals surface area contributed by atoms with Crippen LogP contribution in [0.2, 0.25) is 0 Å². The van der Waals surface area contributed by atoms with E-state index < -0.39 is 10.0 Å². The lowest BCUT2D eigenvalue weighted by Gasteiger charge is -2.05. The molecule has 21 heavy (non-hydrogen) atoms. The van der Waals surface area contributed by atoms with E-state index in [4.69, 9.17) is 5.73 Å². The summed E-state index contributed by atoms with van der Waals surface area (Å²) in [5, 5.41) is 8.05. The van der Waals surface area contributed by atoms with E-state index in [2.05, 4.69) is 14.9 Å². The van der Waals surface area contributed by atoms with Crippen molar-refractivity contribution in [1.29, 1.82) is 0 Å².